The van der Waals surface area contributed by atoms with Crippen LogP contribution in [0, 0.1) is 0 Å². The van der Waals surface area contributed by atoms with Gasteiger partial charge in [0, 0.05) is 48.7 Å². The molecule has 1 fully saturated rings. The van der Waals surface area contributed by atoms with E-state index in [0.29, 0.717) is 34.4 Å². The van der Waals surface area contributed by atoms with Crippen molar-refractivity contribution < 1.29 is 14.3 Å². The molecule has 2 aromatic rings. The van der Waals surface area contributed by atoms with Gasteiger partial charge in [0.2, 0.25) is 5.91 Å². The zero-order chi connectivity index (χ0) is 21.0. The predicted octanol–water partition coefficient (Wildman–Crippen LogP) is 4.66. The molecule has 0 spiro atoms. The van der Waals surface area contributed by atoms with Crippen LogP contribution in [-0.2, 0) is 11.4 Å². The fourth-order valence-corrected chi connectivity index (χ4v) is 3.91. The van der Waals surface area contributed by atoms with Crippen molar-refractivity contribution in [1.82, 2.24) is 9.80 Å². The summed E-state index contributed by atoms with van der Waals surface area (Å²) in [5, 5.41) is 1.09. The largest absolute Gasteiger partial charge is 0.488 e. The zero-order valence-electron chi connectivity index (χ0n) is 16.5. The predicted molar refractivity (Wildman–Crippen MR) is 115 cm³/mol. The molecule has 29 heavy (non-hydrogen) atoms. The van der Waals surface area contributed by atoms with Crippen molar-refractivity contribution in [2.75, 3.05) is 20.1 Å². The van der Waals surface area contributed by atoms with E-state index >= 15 is 0 Å². The average molecular weight is 435 g/mol. The van der Waals surface area contributed by atoms with E-state index in [1.54, 1.807) is 36.1 Å². The minimum atomic E-state index is -0.0632. The summed E-state index contributed by atoms with van der Waals surface area (Å²) in [7, 11) is 1.81. The summed E-state index contributed by atoms with van der Waals surface area (Å²) in [4.78, 5) is 28.2. The van der Waals surface area contributed by atoms with Crippen LogP contribution in [0.5, 0.6) is 5.75 Å². The van der Waals surface area contributed by atoms with Gasteiger partial charge in [-0.3, -0.25) is 9.59 Å². The van der Waals surface area contributed by atoms with Gasteiger partial charge in [-0.1, -0.05) is 41.4 Å². The van der Waals surface area contributed by atoms with Crippen LogP contribution < -0.4 is 4.74 Å². The maximum atomic E-state index is 13.1. The molecule has 0 N–H and O–H groups in total. The van der Waals surface area contributed by atoms with Crippen molar-refractivity contribution in [2.45, 2.75) is 32.4 Å². The van der Waals surface area contributed by atoms with Gasteiger partial charge in [0.05, 0.1) is 5.56 Å². The molecule has 1 heterocycles. The van der Waals surface area contributed by atoms with Crippen molar-refractivity contribution in [3.8, 4) is 5.75 Å². The van der Waals surface area contributed by atoms with Gasteiger partial charge in [-0.2, -0.15) is 0 Å². The van der Waals surface area contributed by atoms with Crippen LogP contribution in [-0.4, -0.2) is 47.8 Å². The highest BCUT2D eigenvalue weighted by Gasteiger charge is 2.28. The van der Waals surface area contributed by atoms with E-state index < -0.39 is 0 Å². The monoisotopic (exact) mass is 434 g/mol. The van der Waals surface area contributed by atoms with Gasteiger partial charge in [0.1, 0.15) is 12.4 Å². The summed E-state index contributed by atoms with van der Waals surface area (Å²) >= 11 is 12.2. The van der Waals surface area contributed by atoms with Crippen LogP contribution in [0.25, 0.3) is 0 Å². The number of nitrogens with zero attached hydrogens (tertiary/aromatic N) is 2. The third kappa shape index (κ3) is 5.22. The molecule has 0 aromatic heterocycles. The Morgan fingerprint density at radius 3 is 2.48 bits per heavy atom. The summed E-state index contributed by atoms with van der Waals surface area (Å²) in [6, 6.07) is 12.6. The Labute approximate surface area is 181 Å². The molecule has 3 rings (SSSR count). The molecule has 0 atom stereocenters. The summed E-state index contributed by atoms with van der Waals surface area (Å²) < 4.78 is 5.92. The van der Waals surface area contributed by atoms with Crippen molar-refractivity contribution in [3.63, 3.8) is 0 Å². The van der Waals surface area contributed by atoms with E-state index in [1.165, 1.54) is 0 Å². The second kappa shape index (κ2) is 9.51. The quantitative estimate of drug-likeness (QED) is 0.687. The number of carbonyl (C=O) groups excluding carboxylic acids is 2. The number of para-hydroxylation sites is 1. The molecule has 2 amide bonds. The number of hydrogen-bond donors (Lipinski definition) is 0. The van der Waals surface area contributed by atoms with E-state index in [0.717, 1.165) is 18.4 Å². The second-order valence-corrected chi connectivity index (χ2v) is 8.02. The fraction of sp³-hybridized carbons (Fsp3) is 0.364. The second-order valence-electron chi connectivity index (χ2n) is 7.17. The lowest BCUT2D eigenvalue weighted by atomic mass is 10.0. The van der Waals surface area contributed by atoms with Crippen LogP contribution in [0.4, 0.5) is 0 Å². The molecule has 2 aromatic carbocycles. The molecule has 7 heteroatoms. The number of ether oxygens (including phenoxy) is 1. The lowest BCUT2D eigenvalue weighted by Gasteiger charge is -2.36. The smallest absolute Gasteiger partial charge is 0.257 e. The third-order valence-electron chi connectivity index (χ3n) is 5.31. The van der Waals surface area contributed by atoms with Crippen molar-refractivity contribution in [2.24, 2.45) is 0 Å². The summed E-state index contributed by atoms with van der Waals surface area (Å²) in [5.41, 5.74) is 1.32. The number of hydrogen-bond acceptors (Lipinski definition) is 3. The number of likely N-dealkylation sites (tertiary alicyclic amines) is 1. The normalized spacial score (nSPS) is 14.6. The van der Waals surface area contributed by atoms with E-state index in [-0.39, 0.29) is 24.5 Å². The standard InChI is InChI=1S/C22H24Cl2N2O3/c1-15(27)25(2)18-9-11-26(12-10-18)22(28)19-5-3-4-6-21(19)29-14-16-7-8-17(23)13-20(16)24/h3-8,13,18H,9-12,14H2,1-2H3. The Bertz CT molecular complexity index is 895. The van der Waals surface area contributed by atoms with Crippen LogP contribution >= 0.6 is 23.2 Å². The average Bonchev–Trinajstić information content (AvgIpc) is 2.72. The van der Waals surface area contributed by atoms with E-state index in [4.69, 9.17) is 27.9 Å². The number of halogens is 2. The Morgan fingerprint density at radius 1 is 1.14 bits per heavy atom. The first-order valence-corrected chi connectivity index (χ1v) is 10.3. The molecule has 1 aliphatic rings. The van der Waals surface area contributed by atoms with Gasteiger partial charge in [0.15, 0.2) is 0 Å². The minimum absolute atomic E-state index is 0.0504. The van der Waals surface area contributed by atoms with Gasteiger partial charge in [-0.15, -0.1) is 0 Å². The molecule has 154 valence electrons. The highest BCUT2D eigenvalue weighted by atomic mass is 35.5. The molecular weight excluding hydrogens is 411 g/mol. The molecule has 5 nitrogen and oxygen atoms in total. The van der Waals surface area contributed by atoms with Crippen LogP contribution in [0.3, 0.4) is 0 Å². The summed E-state index contributed by atoms with van der Waals surface area (Å²) in [5.74, 6) is 0.507. The zero-order valence-corrected chi connectivity index (χ0v) is 18.0. The number of carbonyl (C=O) groups is 2. The molecule has 1 saturated heterocycles. The first-order chi connectivity index (χ1) is 13.9. The first-order valence-electron chi connectivity index (χ1n) is 9.55. The highest BCUT2D eigenvalue weighted by Crippen LogP contribution is 2.26. The molecule has 0 bridgehead atoms. The fourth-order valence-electron chi connectivity index (χ4n) is 3.45. The van der Waals surface area contributed by atoms with E-state index in [1.807, 2.05) is 30.1 Å². The van der Waals surface area contributed by atoms with Crippen molar-refractivity contribution in [1.29, 1.82) is 0 Å². The van der Waals surface area contributed by atoms with E-state index in [2.05, 4.69) is 0 Å². The summed E-state index contributed by atoms with van der Waals surface area (Å²) in [6.07, 6.45) is 1.54. The Kier molecular flexibility index (Phi) is 7.04. The van der Waals surface area contributed by atoms with Gasteiger partial charge in [-0.25, -0.2) is 0 Å². The number of benzene rings is 2. The number of amides is 2. The van der Waals surface area contributed by atoms with Gasteiger partial charge in [-0.05, 0) is 37.1 Å². The topological polar surface area (TPSA) is 49.9 Å². The maximum absolute atomic E-state index is 13.1. The molecule has 1 aliphatic heterocycles. The van der Waals surface area contributed by atoms with Crippen molar-refractivity contribution >= 4 is 35.0 Å². The third-order valence-corrected chi connectivity index (χ3v) is 5.90. The Morgan fingerprint density at radius 2 is 1.83 bits per heavy atom. The minimum Gasteiger partial charge on any atom is -0.488 e. The Balaban J connectivity index is 1.67. The van der Waals surface area contributed by atoms with E-state index in [9.17, 15) is 9.59 Å². The molecule has 0 saturated carbocycles. The molecule has 0 radical (unpaired) electrons. The first kappa shape index (κ1) is 21.5. The number of rotatable bonds is 5. The molecule has 0 aliphatic carbocycles. The van der Waals surface area contributed by atoms with Gasteiger partial charge < -0.3 is 14.5 Å². The van der Waals surface area contributed by atoms with Crippen LogP contribution in [0.1, 0.15) is 35.7 Å². The Hall–Kier alpha value is -2.24. The maximum Gasteiger partial charge on any atom is 0.257 e. The highest BCUT2D eigenvalue weighted by molar-refractivity contribution is 6.35. The van der Waals surface area contributed by atoms with Gasteiger partial charge >= 0.3 is 0 Å². The lowest BCUT2D eigenvalue weighted by molar-refractivity contribution is -0.130. The molecule has 0 unspecified atom stereocenters. The number of piperidine rings is 1. The van der Waals surface area contributed by atoms with Crippen LogP contribution in [0.15, 0.2) is 42.5 Å². The van der Waals surface area contributed by atoms with Gasteiger partial charge in [0.25, 0.3) is 5.91 Å². The van der Waals surface area contributed by atoms with Crippen LogP contribution in [0.2, 0.25) is 10.0 Å². The summed E-state index contributed by atoms with van der Waals surface area (Å²) in [6.45, 7) is 3.03. The SMILES string of the molecule is CC(=O)N(C)C1CCN(C(=O)c2ccccc2OCc2ccc(Cl)cc2Cl)CC1. The van der Waals surface area contributed by atoms with Crippen molar-refractivity contribution in [3.05, 3.63) is 63.6 Å². The lowest BCUT2D eigenvalue weighted by Crippen LogP contribution is -2.46. The molecular formula is C22H24Cl2N2O3.